The minimum absolute atomic E-state index is 0.207. The number of rotatable bonds is 2. The van der Waals surface area contributed by atoms with E-state index in [-0.39, 0.29) is 5.03 Å². The third kappa shape index (κ3) is 3.12. The summed E-state index contributed by atoms with van der Waals surface area (Å²) in [5.74, 6) is -1.50. The minimum atomic E-state index is -4.83. The fourth-order valence-electron chi connectivity index (χ4n) is 1.63. The average Bonchev–Trinajstić information content (AvgIpc) is 2.68. The molecule has 1 heterocycles. The van der Waals surface area contributed by atoms with Gasteiger partial charge in [0.05, 0.1) is 10.7 Å². The molecule has 1 N–H and O–H groups in total. The molecule has 6 heteroatoms. The molecule has 0 amide bonds. The van der Waals surface area contributed by atoms with Gasteiger partial charge in [-0.3, -0.25) is 4.79 Å². The Morgan fingerprint density at radius 3 is 2.63 bits per heavy atom. The Kier molecular flexibility index (Phi) is 3.62. The van der Waals surface area contributed by atoms with E-state index in [0.717, 1.165) is 27.9 Å². The predicted octanol–water partition coefficient (Wildman–Crippen LogP) is 4.30. The van der Waals surface area contributed by atoms with E-state index in [9.17, 15) is 18.0 Å². The first-order chi connectivity index (χ1) is 8.77. The molecule has 1 aliphatic rings. The molecule has 2 nitrogen and oxygen atoms in total. The first-order valence-corrected chi connectivity index (χ1v) is 6.50. The third-order valence-corrected chi connectivity index (χ3v) is 3.69. The van der Waals surface area contributed by atoms with Gasteiger partial charge in [0.2, 0.25) is 0 Å². The Hall–Kier alpha value is -1.43. The Bertz CT molecular complexity index is 549. The van der Waals surface area contributed by atoms with E-state index < -0.39 is 12.0 Å². The molecule has 0 aromatic heterocycles. The molecule has 0 fully saturated rings. The van der Waals surface area contributed by atoms with Crippen LogP contribution in [-0.2, 0) is 4.79 Å². The highest BCUT2D eigenvalue weighted by Crippen LogP contribution is 2.42. The van der Waals surface area contributed by atoms with Gasteiger partial charge < -0.3 is 5.32 Å². The molecule has 0 bridgehead atoms. The lowest BCUT2D eigenvalue weighted by molar-refractivity contribution is -0.165. The molecule has 0 spiro atoms. The number of anilines is 1. The zero-order valence-corrected chi connectivity index (χ0v) is 11.2. The van der Waals surface area contributed by atoms with Gasteiger partial charge in [0.25, 0.3) is 5.78 Å². The second-order valence-corrected chi connectivity index (χ2v) is 5.59. The second kappa shape index (κ2) is 4.92. The predicted molar refractivity (Wildman–Crippen MR) is 69.2 cm³/mol. The summed E-state index contributed by atoms with van der Waals surface area (Å²) < 4.78 is 36.5. The standard InChI is InChI=1S/C13H12F3NOS/c1-7(2)8-3-4-9-10(5-8)19-12(17-9)6-11(18)13(14,15)16/h3-7,17H,1-2H3. The number of nitrogens with one attached hydrogen (secondary N) is 1. The number of hydrogen-bond donors (Lipinski definition) is 1. The number of carbonyl (C=O) groups excluding carboxylic acids is 1. The highest BCUT2D eigenvalue weighted by molar-refractivity contribution is 8.03. The molecule has 1 aliphatic heterocycles. The Labute approximate surface area is 113 Å². The van der Waals surface area contributed by atoms with Gasteiger partial charge in [-0.25, -0.2) is 0 Å². The molecule has 0 radical (unpaired) electrons. The number of benzene rings is 1. The summed E-state index contributed by atoms with van der Waals surface area (Å²) in [6.07, 6.45) is -4.23. The Morgan fingerprint density at radius 1 is 1.37 bits per heavy atom. The highest BCUT2D eigenvalue weighted by atomic mass is 32.2. The van der Waals surface area contributed by atoms with Crippen LogP contribution in [0.2, 0.25) is 0 Å². The van der Waals surface area contributed by atoms with Gasteiger partial charge in [0.1, 0.15) is 0 Å². The number of allylic oxidation sites excluding steroid dienone is 1. The zero-order chi connectivity index (χ0) is 14.2. The molecule has 0 aliphatic carbocycles. The van der Waals surface area contributed by atoms with E-state index >= 15 is 0 Å². The maximum atomic E-state index is 12.2. The fourth-order valence-corrected chi connectivity index (χ4v) is 2.62. The van der Waals surface area contributed by atoms with Gasteiger partial charge in [-0.1, -0.05) is 31.7 Å². The average molecular weight is 287 g/mol. The van der Waals surface area contributed by atoms with Crippen LogP contribution in [0, 0.1) is 0 Å². The van der Waals surface area contributed by atoms with Gasteiger partial charge in [0, 0.05) is 11.0 Å². The van der Waals surface area contributed by atoms with E-state index in [1.54, 1.807) is 0 Å². The van der Waals surface area contributed by atoms with Crippen molar-refractivity contribution in [2.75, 3.05) is 5.32 Å². The Morgan fingerprint density at radius 2 is 2.05 bits per heavy atom. The number of fused-ring (bicyclic) bond motifs is 1. The smallest absolute Gasteiger partial charge is 0.349 e. The summed E-state index contributed by atoms with van der Waals surface area (Å²) in [6, 6.07) is 5.67. The number of carbonyl (C=O) groups is 1. The van der Waals surface area contributed by atoms with E-state index in [0.29, 0.717) is 12.0 Å². The number of hydrogen-bond acceptors (Lipinski definition) is 3. The summed E-state index contributed by atoms with van der Waals surface area (Å²) in [5.41, 5.74) is 1.84. The van der Waals surface area contributed by atoms with Crippen LogP contribution < -0.4 is 5.32 Å². The van der Waals surface area contributed by atoms with Crippen molar-refractivity contribution in [1.29, 1.82) is 0 Å². The highest BCUT2D eigenvalue weighted by Gasteiger charge is 2.37. The summed E-state index contributed by atoms with van der Waals surface area (Å²) in [6.45, 7) is 4.08. The molecule has 0 atom stereocenters. The van der Waals surface area contributed by atoms with Crippen molar-refractivity contribution >= 4 is 23.2 Å². The van der Waals surface area contributed by atoms with E-state index in [4.69, 9.17) is 0 Å². The quantitative estimate of drug-likeness (QED) is 0.822. The molecule has 0 saturated heterocycles. The third-order valence-electron chi connectivity index (χ3n) is 2.69. The van der Waals surface area contributed by atoms with Gasteiger partial charge in [-0.05, 0) is 23.6 Å². The van der Waals surface area contributed by atoms with Crippen LogP contribution in [0.25, 0.3) is 0 Å². The molecule has 2 rings (SSSR count). The fraction of sp³-hybridized carbons (Fsp3) is 0.308. The molecule has 0 saturated carbocycles. The SMILES string of the molecule is CC(C)c1ccc2c(c1)SC(=CC(=O)C(F)(F)F)N2. The van der Waals surface area contributed by atoms with Crippen LogP contribution in [0.4, 0.5) is 18.9 Å². The van der Waals surface area contributed by atoms with E-state index in [1.165, 1.54) is 0 Å². The molecule has 0 unspecified atom stereocenters. The minimum Gasteiger partial charge on any atom is -0.349 e. The van der Waals surface area contributed by atoms with E-state index in [2.05, 4.69) is 5.32 Å². The van der Waals surface area contributed by atoms with Gasteiger partial charge >= 0.3 is 6.18 Å². The lowest BCUT2D eigenvalue weighted by Crippen LogP contribution is -2.20. The van der Waals surface area contributed by atoms with Crippen molar-refractivity contribution in [2.24, 2.45) is 0 Å². The monoisotopic (exact) mass is 287 g/mol. The van der Waals surface area contributed by atoms with Crippen LogP contribution in [0.5, 0.6) is 0 Å². The second-order valence-electron chi connectivity index (χ2n) is 4.51. The van der Waals surface area contributed by atoms with Crippen LogP contribution in [0.1, 0.15) is 25.3 Å². The molecular weight excluding hydrogens is 275 g/mol. The van der Waals surface area contributed by atoms with Crippen molar-refractivity contribution in [3.8, 4) is 0 Å². The van der Waals surface area contributed by atoms with Crippen LogP contribution in [0.15, 0.2) is 34.2 Å². The summed E-state index contributed by atoms with van der Waals surface area (Å²) in [5, 5.41) is 3.01. The Balaban J connectivity index is 2.21. The topological polar surface area (TPSA) is 29.1 Å². The summed E-state index contributed by atoms with van der Waals surface area (Å²) >= 11 is 1.14. The number of thioether (sulfide) groups is 1. The normalized spacial score (nSPS) is 16.6. The number of halogens is 3. The zero-order valence-electron chi connectivity index (χ0n) is 10.3. The van der Waals surface area contributed by atoms with Crippen molar-refractivity contribution in [3.05, 3.63) is 34.9 Å². The van der Waals surface area contributed by atoms with Crippen molar-refractivity contribution in [1.82, 2.24) is 0 Å². The lowest BCUT2D eigenvalue weighted by Gasteiger charge is -2.06. The molecule has 19 heavy (non-hydrogen) atoms. The summed E-state index contributed by atoms with van der Waals surface area (Å²) in [7, 11) is 0. The maximum Gasteiger partial charge on any atom is 0.454 e. The van der Waals surface area contributed by atoms with Gasteiger partial charge in [-0.15, -0.1) is 0 Å². The van der Waals surface area contributed by atoms with Gasteiger partial charge in [-0.2, -0.15) is 13.2 Å². The number of ketones is 1. The maximum absolute atomic E-state index is 12.2. The van der Waals surface area contributed by atoms with Crippen molar-refractivity contribution < 1.29 is 18.0 Å². The van der Waals surface area contributed by atoms with Gasteiger partial charge in [0.15, 0.2) is 0 Å². The first-order valence-electron chi connectivity index (χ1n) is 5.69. The first kappa shape index (κ1) is 14.0. The van der Waals surface area contributed by atoms with Crippen molar-refractivity contribution in [2.45, 2.75) is 30.8 Å². The van der Waals surface area contributed by atoms with Crippen molar-refractivity contribution in [3.63, 3.8) is 0 Å². The lowest BCUT2D eigenvalue weighted by atomic mass is 10.0. The number of alkyl halides is 3. The largest absolute Gasteiger partial charge is 0.454 e. The van der Waals surface area contributed by atoms with Crippen LogP contribution >= 0.6 is 11.8 Å². The van der Waals surface area contributed by atoms with E-state index in [1.807, 2.05) is 32.0 Å². The summed E-state index contributed by atoms with van der Waals surface area (Å²) in [4.78, 5) is 11.7. The molecular formula is C13H12F3NOS. The van der Waals surface area contributed by atoms with Crippen LogP contribution in [-0.4, -0.2) is 12.0 Å². The molecule has 102 valence electrons. The molecule has 1 aromatic carbocycles. The van der Waals surface area contributed by atoms with Crippen LogP contribution in [0.3, 0.4) is 0 Å². The molecule has 1 aromatic rings.